The zero-order chi connectivity index (χ0) is 23.8. The van der Waals surface area contributed by atoms with Crippen molar-refractivity contribution in [3.63, 3.8) is 0 Å². The molecule has 2 aromatic rings. The zero-order valence-corrected chi connectivity index (χ0v) is 18.7. The van der Waals surface area contributed by atoms with Crippen molar-refractivity contribution < 1.29 is 33.7 Å². The minimum absolute atomic E-state index is 0.125. The number of hydrogen-bond donors (Lipinski definition) is 1. The van der Waals surface area contributed by atoms with Gasteiger partial charge in [-0.15, -0.1) is 0 Å². The highest BCUT2D eigenvalue weighted by atomic mass is 16.7. The van der Waals surface area contributed by atoms with Gasteiger partial charge in [-0.2, -0.15) is 0 Å². The molecule has 33 heavy (non-hydrogen) atoms. The fourth-order valence-corrected chi connectivity index (χ4v) is 3.47. The molecule has 0 aliphatic carbocycles. The van der Waals surface area contributed by atoms with Crippen molar-refractivity contribution in [3.05, 3.63) is 54.1 Å². The molecule has 1 aliphatic heterocycles. The van der Waals surface area contributed by atoms with Gasteiger partial charge in [-0.3, -0.25) is 9.59 Å². The van der Waals surface area contributed by atoms with Crippen LogP contribution in [0.2, 0.25) is 0 Å². The summed E-state index contributed by atoms with van der Waals surface area (Å²) in [5, 5.41) is 9.37. The maximum Gasteiger partial charge on any atom is 0.513 e. The Morgan fingerprint density at radius 3 is 2.18 bits per heavy atom. The van der Waals surface area contributed by atoms with Gasteiger partial charge in [0.1, 0.15) is 17.2 Å². The number of carbonyl (C=O) groups is 3. The van der Waals surface area contributed by atoms with Crippen LogP contribution in [0.5, 0.6) is 17.2 Å². The Morgan fingerprint density at radius 1 is 0.909 bits per heavy atom. The molecular formula is C24H28N2O7. The van der Waals surface area contributed by atoms with E-state index in [4.69, 9.17) is 14.2 Å². The van der Waals surface area contributed by atoms with Crippen molar-refractivity contribution in [1.29, 1.82) is 0 Å². The molecule has 1 saturated heterocycles. The summed E-state index contributed by atoms with van der Waals surface area (Å²) < 4.78 is 15.4. The number of amides is 2. The standard InChI is InChI=1S/C24H28N2O7/c1-3-31-24(30)33-21-9-5-18(6-10-21)23(29)26-14-4-13-25(15-16-26)22(28)17(2)32-20-11-7-19(27)8-12-20/h5-12,17,27H,3-4,13-16H2,1-2H3. The highest BCUT2D eigenvalue weighted by molar-refractivity contribution is 5.94. The van der Waals surface area contributed by atoms with Gasteiger partial charge in [-0.25, -0.2) is 4.79 Å². The predicted octanol–water partition coefficient (Wildman–Crippen LogP) is 3.07. The molecule has 1 fully saturated rings. The first-order chi connectivity index (χ1) is 15.9. The van der Waals surface area contributed by atoms with Crippen LogP contribution in [0, 0.1) is 0 Å². The molecule has 9 heteroatoms. The summed E-state index contributed by atoms with van der Waals surface area (Å²) >= 11 is 0. The molecule has 0 spiro atoms. The summed E-state index contributed by atoms with van der Waals surface area (Å²) in [5.74, 6) is 0.605. The number of hydrogen-bond acceptors (Lipinski definition) is 7. The number of aromatic hydroxyl groups is 1. The lowest BCUT2D eigenvalue weighted by atomic mass is 10.2. The molecule has 3 rings (SSSR count). The van der Waals surface area contributed by atoms with E-state index in [2.05, 4.69) is 0 Å². The van der Waals surface area contributed by atoms with E-state index in [-0.39, 0.29) is 24.2 Å². The number of phenols is 1. The zero-order valence-electron chi connectivity index (χ0n) is 18.7. The van der Waals surface area contributed by atoms with Crippen LogP contribution in [0.4, 0.5) is 4.79 Å². The molecule has 0 bridgehead atoms. The second-order valence-corrected chi connectivity index (χ2v) is 7.53. The largest absolute Gasteiger partial charge is 0.513 e. The maximum atomic E-state index is 12.9. The van der Waals surface area contributed by atoms with E-state index in [1.165, 1.54) is 12.1 Å². The Kier molecular flexibility index (Phi) is 8.12. The molecule has 9 nitrogen and oxygen atoms in total. The van der Waals surface area contributed by atoms with Gasteiger partial charge in [0.15, 0.2) is 6.10 Å². The van der Waals surface area contributed by atoms with E-state index in [0.29, 0.717) is 49.7 Å². The van der Waals surface area contributed by atoms with Crippen molar-refractivity contribution in [2.75, 3.05) is 32.8 Å². The number of benzene rings is 2. The van der Waals surface area contributed by atoms with Crippen molar-refractivity contribution in [3.8, 4) is 17.2 Å². The van der Waals surface area contributed by atoms with Crippen molar-refractivity contribution in [2.24, 2.45) is 0 Å². The van der Waals surface area contributed by atoms with Crippen molar-refractivity contribution >= 4 is 18.0 Å². The monoisotopic (exact) mass is 456 g/mol. The lowest BCUT2D eigenvalue weighted by Gasteiger charge is -2.25. The van der Waals surface area contributed by atoms with Crippen molar-refractivity contribution in [2.45, 2.75) is 26.4 Å². The summed E-state index contributed by atoms with van der Waals surface area (Å²) in [5.41, 5.74) is 0.468. The highest BCUT2D eigenvalue weighted by Gasteiger charge is 2.26. The molecule has 1 heterocycles. The van der Waals surface area contributed by atoms with Crippen LogP contribution in [-0.4, -0.2) is 71.8 Å². The van der Waals surface area contributed by atoms with E-state index in [1.54, 1.807) is 60.0 Å². The number of rotatable bonds is 6. The summed E-state index contributed by atoms with van der Waals surface area (Å²) in [6.07, 6.45) is -0.839. The van der Waals surface area contributed by atoms with Crippen LogP contribution in [0.3, 0.4) is 0 Å². The second kappa shape index (κ2) is 11.2. The van der Waals surface area contributed by atoms with Gasteiger partial charge in [0.25, 0.3) is 11.8 Å². The summed E-state index contributed by atoms with van der Waals surface area (Å²) in [6.45, 7) is 5.43. The fourth-order valence-electron chi connectivity index (χ4n) is 3.47. The predicted molar refractivity (Wildman–Crippen MR) is 119 cm³/mol. The van der Waals surface area contributed by atoms with Gasteiger partial charge in [-0.1, -0.05) is 0 Å². The van der Waals surface area contributed by atoms with E-state index >= 15 is 0 Å². The molecule has 2 amide bonds. The SMILES string of the molecule is CCOC(=O)Oc1ccc(C(=O)N2CCCN(C(=O)C(C)Oc3ccc(O)cc3)CC2)cc1. The Balaban J connectivity index is 1.54. The average Bonchev–Trinajstić information content (AvgIpc) is 3.06. The molecule has 1 aliphatic rings. The van der Waals surface area contributed by atoms with Crippen LogP contribution >= 0.6 is 0 Å². The molecule has 0 saturated carbocycles. The van der Waals surface area contributed by atoms with Gasteiger partial charge >= 0.3 is 6.16 Å². The van der Waals surface area contributed by atoms with Crippen LogP contribution in [0.25, 0.3) is 0 Å². The van der Waals surface area contributed by atoms with Gasteiger partial charge in [-0.05, 0) is 68.8 Å². The van der Waals surface area contributed by atoms with Crippen LogP contribution in [-0.2, 0) is 9.53 Å². The van der Waals surface area contributed by atoms with E-state index < -0.39 is 12.3 Å². The normalized spacial score (nSPS) is 14.7. The van der Waals surface area contributed by atoms with Gasteiger partial charge in [0.05, 0.1) is 6.61 Å². The lowest BCUT2D eigenvalue weighted by molar-refractivity contribution is -0.137. The number of carbonyl (C=O) groups excluding carboxylic acids is 3. The third-order valence-electron chi connectivity index (χ3n) is 5.16. The van der Waals surface area contributed by atoms with E-state index in [0.717, 1.165) is 0 Å². The second-order valence-electron chi connectivity index (χ2n) is 7.53. The maximum absolute atomic E-state index is 12.9. The molecule has 0 radical (unpaired) electrons. The smallest absolute Gasteiger partial charge is 0.508 e. The lowest BCUT2D eigenvalue weighted by Crippen LogP contribution is -2.43. The first-order valence-electron chi connectivity index (χ1n) is 10.9. The summed E-state index contributed by atoms with van der Waals surface area (Å²) in [7, 11) is 0. The fraction of sp³-hybridized carbons (Fsp3) is 0.375. The van der Waals surface area contributed by atoms with Crippen molar-refractivity contribution in [1.82, 2.24) is 9.80 Å². The van der Waals surface area contributed by atoms with Gasteiger partial charge in [0.2, 0.25) is 0 Å². The molecule has 1 N–H and O–H groups in total. The van der Waals surface area contributed by atoms with Gasteiger partial charge in [0, 0.05) is 31.7 Å². The Labute approximate surface area is 192 Å². The van der Waals surface area contributed by atoms with E-state index in [1.807, 2.05) is 0 Å². The molecule has 2 aromatic carbocycles. The highest BCUT2D eigenvalue weighted by Crippen LogP contribution is 2.19. The number of ether oxygens (including phenoxy) is 3. The molecule has 1 atom stereocenters. The molecule has 0 aromatic heterocycles. The quantitative estimate of drug-likeness (QED) is 0.526. The minimum Gasteiger partial charge on any atom is -0.508 e. The van der Waals surface area contributed by atoms with Gasteiger partial charge < -0.3 is 29.1 Å². The van der Waals surface area contributed by atoms with Crippen LogP contribution in [0.15, 0.2) is 48.5 Å². The Hall–Kier alpha value is -3.75. The number of phenolic OH excluding ortho intramolecular Hbond substituents is 1. The van der Waals surface area contributed by atoms with Crippen LogP contribution < -0.4 is 9.47 Å². The summed E-state index contributed by atoms with van der Waals surface area (Å²) in [4.78, 5) is 40.6. The third-order valence-corrected chi connectivity index (χ3v) is 5.16. The Bertz CT molecular complexity index is 960. The first-order valence-corrected chi connectivity index (χ1v) is 10.9. The van der Waals surface area contributed by atoms with E-state index in [9.17, 15) is 19.5 Å². The average molecular weight is 456 g/mol. The third kappa shape index (κ3) is 6.61. The van der Waals surface area contributed by atoms with Crippen LogP contribution in [0.1, 0.15) is 30.6 Å². The molecular weight excluding hydrogens is 428 g/mol. The first kappa shape index (κ1) is 23.9. The number of nitrogens with zero attached hydrogens (tertiary/aromatic N) is 2. The summed E-state index contributed by atoms with van der Waals surface area (Å²) in [6, 6.07) is 12.5. The topological polar surface area (TPSA) is 106 Å². The molecule has 176 valence electrons. The Morgan fingerprint density at radius 2 is 1.52 bits per heavy atom. The molecule has 1 unspecified atom stereocenters. The minimum atomic E-state index is -0.794.